The summed E-state index contributed by atoms with van der Waals surface area (Å²) in [5.74, 6) is -0.325. The number of rotatable bonds is 5. The van der Waals surface area contributed by atoms with Gasteiger partial charge in [0.15, 0.2) is 0 Å². The molecule has 0 radical (unpaired) electrons. The van der Waals surface area contributed by atoms with Crippen molar-refractivity contribution in [2.24, 2.45) is 0 Å². The van der Waals surface area contributed by atoms with Gasteiger partial charge in [0.25, 0.3) is 5.91 Å². The van der Waals surface area contributed by atoms with Gasteiger partial charge in [-0.05, 0) is 13.3 Å². The standard InChI is InChI=1S/C12H16Cl2N2O2S/c1-7(19(3)18)4-5-15-12(17)9-6-16-8(2)10(13)11(9)14/h6-7H,4-5H2,1-3H3,(H,15,17). The van der Waals surface area contributed by atoms with Crippen LogP contribution in [-0.2, 0) is 10.8 Å². The SMILES string of the molecule is Cc1ncc(C(=O)NCCC(C)S(C)=O)c(Cl)c1Cl. The van der Waals surface area contributed by atoms with Gasteiger partial charge < -0.3 is 5.32 Å². The van der Waals surface area contributed by atoms with Gasteiger partial charge in [-0.3, -0.25) is 14.0 Å². The number of aromatic nitrogens is 1. The summed E-state index contributed by atoms with van der Waals surface area (Å²) in [6, 6.07) is 0. The number of hydrogen-bond acceptors (Lipinski definition) is 3. The molecule has 1 heterocycles. The second-order valence-electron chi connectivity index (χ2n) is 4.24. The summed E-state index contributed by atoms with van der Waals surface area (Å²) in [6.07, 6.45) is 3.69. The van der Waals surface area contributed by atoms with E-state index in [4.69, 9.17) is 23.2 Å². The molecule has 0 saturated carbocycles. The lowest BCUT2D eigenvalue weighted by Gasteiger charge is -2.10. The molecule has 4 nitrogen and oxygen atoms in total. The highest BCUT2D eigenvalue weighted by atomic mass is 35.5. The zero-order valence-electron chi connectivity index (χ0n) is 11.0. The lowest BCUT2D eigenvalue weighted by Crippen LogP contribution is -2.28. The van der Waals surface area contributed by atoms with Crippen molar-refractivity contribution in [2.45, 2.75) is 25.5 Å². The summed E-state index contributed by atoms with van der Waals surface area (Å²) in [5, 5.41) is 3.25. The Kier molecular flexibility index (Phi) is 6.23. The summed E-state index contributed by atoms with van der Waals surface area (Å²) in [4.78, 5) is 15.9. The summed E-state index contributed by atoms with van der Waals surface area (Å²) in [5.41, 5.74) is 0.834. The first kappa shape index (κ1) is 16.4. The number of pyridine rings is 1. The third-order valence-corrected chi connectivity index (χ3v) is 5.10. The highest BCUT2D eigenvalue weighted by Crippen LogP contribution is 2.27. The van der Waals surface area contributed by atoms with Crippen molar-refractivity contribution in [1.82, 2.24) is 10.3 Å². The van der Waals surface area contributed by atoms with Crippen LogP contribution in [0.4, 0.5) is 0 Å². The minimum atomic E-state index is -0.891. The first-order valence-corrected chi connectivity index (χ1v) is 8.13. The van der Waals surface area contributed by atoms with Crippen LogP contribution in [0, 0.1) is 6.92 Å². The maximum absolute atomic E-state index is 11.9. The van der Waals surface area contributed by atoms with E-state index in [0.717, 1.165) is 0 Å². The summed E-state index contributed by atoms with van der Waals surface area (Å²) in [7, 11) is -0.891. The molecule has 1 amide bonds. The van der Waals surface area contributed by atoms with Gasteiger partial charge in [0.1, 0.15) is 0 Å². The Morgan fingerprint density at radius 2 is 2.11 bits per heavy atom. The smallest absolute Gasteiger partial charge is 0.254 e. The molecule has 0 aliphatic carbocycles. The molecule has 0 spiro atoms. The summed E-state index contributed by atoms with van der Waals surface area (Å²) >= 11 is 11.9. The van der Waals surface area contributed by atoms with Crippen LogP contribution in [0.15, 0.2) is 6.20 Å². The van der Waals surface area contributed by atoms with Crippen molar-refractivity contribution in [2.75, 3.05) is 12.8 Å². The van der Waals surface area contributed by atoms with Gasteiger partial charge >= 0.3 is 0 Å². The van der Waals surface area contributed by atoms with Gasteiger partial charge in [0, 0.05) is 35.0 Å². The van der Waals surface area contributed by atoms with Crippen molar-refractivity contribution < 1.29 is 9.00 Å². The Labute approximate surface area is 125 Å². The van der Waals surface area contributed by atoms with E-state index in [-0.39, 0.29) is 26.8 Å². The normalized spacial score (nSPS) is 13.9. The Balaban J connectivity index is 2.65. The molecular formula is C12H16Cl2N2O2S. The number of nitrogens with one attached hydrogen (secondary N) is 1. The Hall–Kier alpha value is -0.650. The van der Waals surface area contributed by atoms with E-state index in [2.05, 4.69) is 10.3 Å². The van der Waals surface area contributed by atoms with E-state index in [1.54, 1.807) is 13.2 Å². The third-order valence-electron chi connectivity index (χ3n) is 2.78. The second kappa shape index (κ2) is 7.22. The van der Waals surface area contributed by atoms with Crippen molar-refractivity contribution >= 4 is 39.9 Å². The maximum atomic E-state index is 11.9. The van der Waals surface area contributed by atoms with Crippen LogP contribution in [0.25, 0.3) is 0 Å². The first-order valence-electron chi connectivity index (χ1n) is 5.75. The van der Waals surface area contributed by atoms with Crippen LogP contribution in [0.5, 0.6) is 0 Å². The predicted molar refractivity (Wildman–Crippen MR) is 79.5 cm³/mol. The van der Waals surface area contributed by atoms with Gasteiger partial charge in [-0.25, -0.2) is 0 Å². The molecule has 2 atom stereocenters. The van der Waals surface area contributed by atoms with Crippen LogP contribution >= 0.6 is 23.2 Å². The van der Waals surface area contributed by atoms with Crippen molar-refractivity contribution in [1.29, 1.82) is 0 Å². The predicted octanol–water partition coefficient (Wildman–Crippen LogP) is 2.58. The number of halogens is 2. The molecule has 1 aromatic heterocycles. The molecule has 0 bridgehead atoms. The molecule has 2 unspecified atom stereocenters. The van der Waals surface area contributed by atoms with Crippen LogP contribution < -0.4 is 5.32 Å². The molecule has 0 aliphatic rings. The van der Waals surface area contributed by atoms with Gasteiger partial charge in [0.05, 0.1) is 21.3 Å². The number of nitrogens with zero attached hydrogens (tertiary/aromatic N) is 1. The molecule has 1 rings (SSSR count). The van der Waals surface area contributed by atoms with Crippen LogP contribution in [0.3, 0.4) is 0 Å². The van der Waals surface area contributed by atoms with E-state index in [0.29, 0.717) is 18.7 Å². The number of hydrogen-bond donors (Lipinski definition) is 1. The van der Waals surface area contributed by atoms with Crippen molar-refractivity contribution in [3.63, 3.8) is 0 Å². The van der Waals surface area contributed by atoms with E-state index in [9.17, 15) is 9.00 Å². The van der Waals surface area contributed by atoms with Gasteiger partial charge in [0.2, 0.25) is 0 Å². The van der Waals surface area contributed by atoms with Crippen LogP contribution in [0.2, 0.25) is 10.0 Å². The second-order valence-corrected chi connectivity index (χ2v) is 6.80. The Morgan fingerprint density at radius 3 is 2.68 bits per heavy atom. The number of amides is 1. The molecule has 0 aromatic carbocycles. The fourth-order valence-corrected chi connectivity index (χ4v) is 2.23. The zero-order valence-corrected chi connectivity index (χ0v) is 13.3. The molecule has 0 saturated heterocycles. The molecular weight excluding hydrogens is 307 g/mol. The number of carbonyl (C=O) groups is 1. The molecule has 0 fully saturated rings. The molecule has 19 heavy (non-hydrogen) atoms. The summed E-state index contributed by atoms with van der Waals surface area (Å²) in [6.45, 7) is 4.02. The molecule has 1 aromatic rings. The van der Waals surface area contributed by atoms with E-state index in [1.807, 2.05) is 6.92 Å². The molecule has 1 N–H and O–H groups in total. The molecule has 106 valence electrons. The van der Waals surface area contributed by atoms with E-state index < -0.39 is 10.8 Å². The topological polar surface area (TPSA) is 59.1 Å². The molecule has 0 aliphatic heterocycles. The zero-order chi connectivity index (χ0) is 14.6. The van der Waals surface area contributed by atoms with Crippen molar-refractivity contribution in [3.05, 3.63) is 27.5 Å². The Morgan fingerprint density at radius 1 is 1.47 bits per heavy atom. The lowest BCUT2D eigenvalue weighted by atomic mass is 10.2. The van der Waals surface area contributed by atoms with E-state index in [1.165, 1.54) is 6.20 Å². The van der Waals surface area contributed by atoms with Gasteiger partial charge in [-0.1, -0.05) is 30.1 Å². The van der Waals surface area contributed by atoms with E-state index >= 15 is 0 Å². The van der Waals surface area contributed by atoms with Crippen LogP contribution in [-0.4, -0.2) is 33.2 Å². The summed E-state index contributed by atoms with van der Waals surface area (Å²) < 4.78 is 11.2. The average Bonchev–Trinajstić information content (AvgIpc) is 2.35. The fraction of sp³-hybridized carbons (Fsp3) is 0.500. The minimum absolute atomic E-state index is 0.0375. The van der Waals surface area contributed by atoms with Gasteiger partial charge in [-0.2, -0.15) is 0 Å². The minimum Gasteiger partial charge on any atom is -0.352 e. The van der Waals surface area contributed by atoms with Gasteiger partial charge in [-0.15, -0.1) is 0 Å². The quantitative estimate of drug-likeness (QED) is 0.906. The fourth-order valence-electron chi connectivity index (χ4n) is 1.36. The third kappa shape index (κ3) is 4.44. The largest absolute Gasteiger partial charge is 0.352 e. The molecule has 7 heteroatoms. The highest BCUT2D eigenvalue weighted by molar-refractivity contribution is 7.84. The highest BCUT2D eigenvalue weighted by Gasteiger charge is 2.15. The monoisotopic (exact) mass is 322 g/mol. The number of aryl methyl sites for hydroxylation is 1. The Bertz CT molecular complexity index is 509. The van der Waals surface area contributed by atoms with Crippen molar-refractivity contribution in [3.8, 4) is 0 Å². The maximum Gasteiger partial charge on any atom is 0.254 e. The lowest BCUT2D eigenvalue weighted by molar-refractivity contribution is 0.0953. The van der Waals surface area contributed by atoms with Crippen LogP contribution in [0.1, 0.15) is 29.4 Å². The first-order chi connectivity index (χ1) is 8.84. The number of carbonyl (C=O) groups excluding carboxylic acids is 1. The average molecular weight is 323 g/mol.